The highest BCUT2D eigenvalue weighted by atomic mass is 16.5. The van der Waals surface area contributed by atoms with Crippen molar-refractivity contribution < 1.29 is 24.2 Å². The van der Waals surface area contributed by atoms with E-state index in [1.807, 2.05) is 49.4 Å². The summed E-state index contributed by atoms with van der Waals surface area (Å²) in [6.07, 6.45) is 2.34. The normalized spacial score (nSPS) is 22.9. The first-order valence-electron chi connectivity index (χ1n) is 11.5. The zero-order valence-corrected chi connectivity index (χ0v) is 18.8. The summed E-state index contributed by atoms with van der Waals surface area (Å²) in [6, 6.07) is 16.9. The third kappa shape index (κ3) is 4.50. The van der Waals surface area contributed by atoms with Gasteiger partial charge in [-0.25, -0.2) is 4.79 Å². The molecule has 1 saturated carbocycles. The molecule has 0 spiro atoms. The van der Waals surface area contributed by atoms with Crippen molar-refractivity contribution in [2.75, 3.05) is 11.9 Å². The number of aliphatic carboxylic acids is 1. The van der Waals surface area contributed by atoms with Crippen LogP contribution in [0.2, 0.25) is 0 Å². The third-order valence-corrected chi connectivity index (χ3v) is 6.92. The minimum atomic E-state index is -1.61. The first kappa shape index (κ1) is 23.0. The molecule has 2 aromatic carbocycles. The Morgan fingerprint density at radius 2 is 1.82 bits per heavy atom. The number of hydrogen-bond donors (Lipinski definition) is 3. The minimum absolute atomic E-state index is 0.0342. The molecule has 0 amide bonds. The zero-order chi connectivity index (χ0) is 23.4. The van der Waals surface area contributed by atoms with E-state index in [0.717, 1.165) is 36.1 Å². The monoisotopic (exact) mass is 450 g/mol. The number of anilines is 1. The lowest BCUT2D eigenvalue weighted by Gasteiger charge is -2.46. The number of fused-ring (bicyclic) bond motifs is 2. The van der Waals surface area contributed by atoms with Crippen LogP contribution < -0.4 is 10.6 Å². The summed E-state index contributed by atoms with van der Waals surface area (Å²) in [7, 11) is 0. The fraction of sp³-hybridized carbons (Fsp3) is 0.423. The van der Waals surface area contributed by atoms with Crippen LogP contribution in [0.5, 0.6) is 0 Å². The number of ketones is 1. The van der Waals surface area contributed by atoms with Gasteiger partial charge in [0.15, 0.2) is 0 Å². The van der Waals surface area contributed by atoms with E-state index in [0.29, 0.717) is 6.54 Å². The second kappa shape index (κ2) is 9.75. The third-order valence-electron chi connectivity index (χ3n) is 6.92. The molecule has 1 fully saturated rings. The molecule has 7 heteroatoms. The number of nitrogens with one attached hydrogen (secondary N) is 2. The maximum atomic E-state index is 13.0. The maximum absolute atomic E-state index is 13.0. The molecule has 1 aliphatic heterocycles. The molecule has 0 saturated heterocycles. The van der Waals surface area contributed by atoms with Crippen LogP contribution in [0, 0.1) is 5.92 Å². The number of hydrogen-bond acceptors (Lipinski definition) is 6. The predicted molar refractivity (Wildman–Crippen MR) is 124 cm³/mol. The van der Waals surface area contributed by atoms with Crippen LogP contribution in [-0.4, -0.2) is 41.0 Å². The van der Waals surface area contributed by atoms with Crippen LogP contribution in [0.25, 0.3) is 0 Å². The van der Waals surface area contributed by atoms with Gasteiger partial charge in [0, 0.05) is 24.1 Å². The van der Waals surface area contributed by atoms with Crippen molar-refractivity contribution in [3.63, 3.8) is 0 Å². The molecule has 174 valence electrons. The minimum Gasteiger partial charge on any atom is -0.480 e. The lowest BCUT2D eigenvalue weighted by atomic mass is 9.65. The lowest BCUT2D eigenvalue weighted by molar-refractivity contribution is -0.158. The van der Waals surface area contributed by atoms with Crippen molar-refractivity contribution in [2.24, 2.45) is 5.92 Å². The van der Waals surface area contributed by atoms with Crippen molar-refractivity contribution >= 4 is 23.4 Å². The van der Waals surface area contributed by atoms with Gasteiger partial charge in [-0.1, -0.05) is 61.9 Å². The molecule has 2 aromatic rings. The summed E-state index contributed by atoms with van der Waals surface area (Å²) in [5.41, 5.74) is 0.918. The van der Waals surface area contributed by atoms with Gasteiger partial charge in [0.25, 0.3) is 0 Å². The molecular formula is C26H30N2O5. The number of benzene rings is 2. The molecule has 4 atom stereocenters. The second-order valence-corrected chi connectivity index (χ2v) is 8.88. The Balaban J connectivity index is 1.64. The Morgan fingerprint density at radius 1 is 1.09 bits per heavy atom. The number of carbonyl (C=O) groups is 3. The van der Waals surface area contributed by atoms with E-state index in [9.17, 15) is 19.5 Å². The Hall–Kier alpha value is -3.19. The summed E-state index contributed by atoms with van der Waals surface area (Å²) in [5.74, 6) is -3.37. The highest BCUT2D eigenvalue weighted by molar-refractivity contribution is 6.34. The summed E-state index contributed by atoms with van der Waals surface area (Å²) in [4.78, 5) is 38.4. The Labute approximate surface area is 193 Å². The van der Waals surface area contributed by atoms with Crippen LogP contribution in [0.4, 0.5) is 5.69 Å². The number of ether oxygens (including phenoxy) is 1. The van der Waals surface area contributed by atoms with Crippen LogP contribution in [-0.2, 0) is 25.7 Å². The second-order valence-electron chi connectivity index (χ2n) is 8.88. The SMILES string of the molecule is CCNC(CC(=O)C(=O)OCc1ccccc1)(C(=O)O)C1c2ccccc2NC2CCCC21. The lowest BCUT2D eigenvalue weighted by Crippen LogP contribution is -2.61. The van der Waals surface area contributed by atoms with Gasteiger partial charge in [-0.2, -0.15) is 0 Å². The fourth-order valence-corrected chi connectivity index (χ4v) is 5.54. The number of carbonyl (C=O) groups excluding carboxylic acids is 2. The van der Waals surface area contributed by atoms with Crippen LogP contribution in [0.3, 0.4) is 0 Å². The molecule has 33 heavy (non-hydrogen) atoms. The van der Waals surface area contributed by atoms with Gasteiger partial charge in [-0.15, -0.1) is 0 Å². The summed E-state index contributed by atoms with van der Waals surface area (Å²) >= 11 is 0. The van der Waals surface area contributed by atoms with Gasteiger partial charge >= 0.3 is 11.9 Å². The number of Topliss-reactive ketones (excluding diaryl/α,β-unsaturated/α-hetero) is 1. The van der Waals surface area contributed by atoms with E-state index in [2.05, 4.69) is 10.6 Å². The topological polar surface area (TPSA) is 105 Å². The van der Waals surface area contributed by atoms with Crippen LogP contribution in [0.1, 0.15) is 49.7 Å². The van der Waals surface area contributed by atoms with E-state index in [1.54, 1.807) is 12.1 Å². The molecule has 1 heterocycles. The molecule has 7 nitrogen and oxygen atoms in total. The molecule has 0 bridgehead atoms. The van der Waals surface area contributed by atoms with E-state index in [4.69, 9.17) is 4.74 Å². The van der Waals surface area contributed by atoms with Gasteiger partial charge in [-0.05, 0) is 42.5 Å². The molecular weight excluding hydrogens is 420 g/mol. The standard InChI is InChI=1S/C26H30N2O5/c1-2-27-26(25(31)32,15-22(29)24(30)33-16-17-9-4-3-5-10-17)23-18-11-6-7-13-20(18)28-21-14-8-12-19(21)23/h3-7,9-11,13,19,21,23,27-28H,2,8,12,14-16H2,1H3,(H,31,32). The maximum Gasteiger partial charge on any atom is 0.375 e. The van der Waals surface area contributed by atoms with Crippen LogP contribution in [0.15, 0.2) is 54.6 Å². The predicted octanol–water partition coefficient (Wildman–Crippen LogP) is 3.50. The van der Waals surface area contributed by atoms with Crippen LogP contribution >= 0.6 is 0 Å². The van der Waals surface area contributed by atoms with Crippen molar-refractivity contribution in [2.45, 2.75) is 56.7 Å². The first-order valence-corrected chi connectivity index (χ1v) is 11.5. The number of carboxylic acid groups (broad SMARTS) is 1. The first-order chi connectivity index (χ1) is 16.0. The quantitative estimate of drug-likeness (QED) is 0.397. The number of para-hydroxylation sites is 1. The Morgan fingerprint density at radius 3 is 2.55 bits per heavy atom. The molecule has 0 aromatic heterocycles. The molecule has 4 rings (SSSR count). The number of esters is 1. The molecule has 0 radical (unpaired) electrons. The summed E-state index contributed by atoms with van der Waals surface area (Å²) in [5, 5.41) is 17.2. The number of carboxylic acids is 1. The Bertz CT molecular complexity index is 1020. The van der Waals surface area contributed by atoms with Crippen molar-refractivity contribution in [1.82, 2.24) is 5.32 Å². The summed E-state index contributed by atoms with van der Waals surface area (Å²) < 4.78 is 5.22. The van der Waals surface area contributed by atoms with E-state index < -0.39 is 35.6 Å². The Kier molecular flexibility index (Phi) is 6.79. The van der Waals surface area contributed by atoms with Gasteiger partial charge in [0.05, 0.1) is 0 Å². The van der Waals surface area contributed by atoms with Gasteiger partial charge in [0.2, 0.25) is 5.78 Å². The molecule has 3 N–H and O–H groups in total. The van der Waals surface area contributed by atoms with Gasteiger partial charge in [-0.3, -0.25) is 9.59 Å². The zero-order valence-electron chi connectivity index (χ0n) is 18.8. The number of likely N-dealkylation sites (N-methyl/N-ethyl adjacent to an activating group) is 1. The highest BCUT2D eigenvalue weighted by Crippen LogP contribution is 2.51. The summed E-state index contributed by atoms with van der Waals surface area (Å²) in [6.45, 7) is 2.13. The average molecular weight is 451 g/mol. The fourth-order valence-electron chi connectivity index (χ4n) is 5.54. The van der Waals surface area contributed by atoms with Crippen molar-refractivity contribution in [3.8, 4) is 0 Å². The molecule has 2 aliphatic rings. The van der Waals surface area contributed by atoms with Crippen molar-refractivity contribution in [3.05, 3.63) is 65.7 Å². The van der Waals surface area contributed by atoms with E-state index in [-0.39, 0.29) is 18.6 Å². The molecule has 1 aliphatic carbocycles. The smallest absolute Gasteiger partial charge is 0.375 e. The van der Waals surface area contributed by atoms with Crippen molar-refractivity contribution in [1.29, 1.82) is 0 Å². The highest BCUT2D eigenvalue weighted by Gasteiger charge is 2.55. The van der Waals surface area contributed by atoms with E-state index >= 15 is 0 Å². The number of rotatable bonds is 9. The molecule has 4 unspecified atom stereocenters. The average Bonchev–Trinajstić information content (AvgIpc) is 3.29. The largest absolute Gasteiger partial charge is 0.480 e. The van der Waals surface area contributed by atoms with E-state index in [1.165, 1.54) is 0 Å². The van der Waals surface area contributed by atoms with Gasteiger partial charge in [0.1, 0.15) is 12.1 Å². The van der Waals surface area contributed by atoms with Gasteiger partial charge < -0.3 is 20.5 Å².